The first kappa shape index (κ1) is 19.9. The summed E-state index contributed by atoms with van der Waals surface area (Å²) in [7, 11) is 1.87. The molecule has 2 aromatic carbocycles. The van der Waals surface area contributed by atoms with Gasteiger partial charge in [0.1, 0.15) is 12.4 Å². The highest BCUT2D eigenvalue weighted by Crippen LogP contribution is 2.19. The van der Waals surface area contributed by atoms with E-state index in [1.165, 1.54) is 17.3 Å². The molecule has 146 valence electrons. The van der Waals surface area contributed by atoms with Gasteiger partial charge < -0.3 is 14.6 Å². The minimum atomic E-state index is -0.0752. The predicted molar refractivity (Wildman–Crippen MR) is 112 cm³/mol. The molecular weight excluding hydrogens is 372 g/mol. The number of rotatable bonds is 7. The van der Waals surface area contributed by atoms with E-state index in [0.29, 0.717) is 17.6 Å². The van der Waals surface area contributed by atoms with Gasteiger partial charge >= 0.3 is 0 Å². The third-order valence-corrected chi connectivity index (χ3v) is 5.43. The second-order valence-electron chi connectivity index (χ2n) is 6.70. The molecule has 0 aliphatic heterocycles. The van der Waals surface area contributed by atoms with Gasteiger partial charge in [-0.05, 0) is 61.7 Å². The zero-order valence-corrected chi connectivity index (χ0v) is 17.3. The highest BCUT2D eigenvalue weighted by Gasteiger charge is 2.12. The van der Waals surface area contributed by atoms with Gasteiger partial charge in [0.2, 0.25) is 5.91 Å². The molecule has 0 unspecified atom stereocenters. The van der Waals surface area contributed by atoms with Crippen molar-refractivity contribution in [1.29, 1.82) is 0 Å². The molecule has 3 aromatic rings. The number of amides is 1. The monoisotopic (exact) mass is 396 g/mol. The van der Waals surface area contributed by atoms with Gasteiger partial charge in [0.15, 0.2) is 11.0 Å². The lowest BCUT2D eigenvalue weighted by Gasteiger charge is -2.08. The second-order valence-corrected chi connectivity index (χ2v) is 7.64. The zero-order chi connectivity index (χ0) is 20.1. The van der Waals surface area contributed by atoms with Crippen LogP contribution >= 0.6 is 11.8 Å². The Hall–Kier alpha value is -2.80. The van der Waals surface area contributed by atoms with Crippen molar-refractivity contribution in [1.82, 2.24) is 14.8 Å². The summed E-state index contributed by atoms with van der Waals surface area (Å²) in [5.74, 6) is 1.69. The summed E-state index contributed by atoms with van der Waals surface area (Å²) < 4.78 is 7.63. The number of thioether (sulfide) groups is 1. The summed E-state index contributed by atoms with van der Waals surface area (Å²) in [5, 5.41) is 11.9. The summed E-state index contributed by atoms with van der Waals surface area (Å²) >= 11 is 1.35. The molecule has 3 rings (SSSR count). The number of nitrogens with zero attached hydrogens (tertiary/aromatic N) is 3. The SMILES string of the molecule is Cc1cccc(OCc2nnc(SCC(=O)Nc3ccc(C)c(C)c3)n2C)c1. The van der Waals surface area contributed by atoms with Crippen molar-refractivity contribution in [2.45, 2.75) is 32.5 Å². The van der Waals surface area contributed by atoms with Gasteiger partial charge in [-0.15, -0.1) is 10.2 Å². The molecule has 1 heterocycles. The molecule has 1 aromatic heterocycles. The number of ether oxygens (including phenoxy) is 1. The van der Waals surface area contributed by atoms with E-state index in [-0.39, 0.29) is 11.7 Å². The van der Waals surface area contributed by atoms with Crippen molar-refractivity contribution in [3.8, 4) is 5.75 Å². The first-order valence-electron chi connectivity index (χ1n) is 9.00. The van der Waals surface area contributed by atoms with E-state index in [4.69, 9.17) is 4.74 Å². The van der Waals surface area contributed by atoms with Crippen molar-refractivity contribution in [2.75, 3.05) is 11.1 Å². The number of benzene rings is 2. The van der Waals surface area contributed by atoms with E-state index >= 15 is 0 Å². The average molecular weight is 397 g/mol. The van der Waals surface area contributed by atoms with E-state index in [1.54, 1.807) is 0 Å². The van der Waals surface area contributed by atoms with E-state index in [0.717, 1.165) is 22.6 Å². The zero-order valence-electron chi connectivity index (χ0n) is 16.5. The van der Waals surface area contributed by atoms with Crippen LogP contribution in [0.15, 0.2) is 47.6 Å². The summed E-state index contributed by atoms with van der Waals surface area (Å²) in [4.78, 5) is 12.2. The number of aromatic nitrogens is 3. The molecular formula is C21H24N4O2S. The largest absolute Gasteiger partial charge is 0.486 e. The number of anilines is 1. The highest BCUT2D eigenvalue weighted by molar-refractivity contribution is 7.99. The second kappa shape index (κ2) is 8.93. The number of aryl methyl sites for hydroxylation is 3. The first-order chi connectivity index (χ1) is 13.4. The standard InChI is InChI=1S/C21H24N4O2S/c1-14-6-5-7-18(10-14)27-12-19-23-24-21(25(19)4)28-13-20(26)22-17-9-8-15(2)16(3)11-17/h5-11H,12-13H2,1-4H3,(H,22,26). The minimum Gasteiger partial charge on any atom is -0.486 e. The minimum absolute atomic E-state index is 0.0752. The Bertz CT molecular complexity index is 984. The van der Waals surface area contributed by atoms with Crippen LogP contribution in [0, 0.1) is 20.8 Å². The Labute approximate surface area is 169 Å². The molecule has 28 heavy (non-hydrogen) atoms. The molecule has 0 atom stereocenters. The third-order valence-electron chi connectivity index (χ3n) is 4.41. The molecule has 1 amide bonds. The molecule has 0 fully saturated rings. The van der Waals surface area contributed by atoms with Gasteiger partial charge in [0, 0.05) is 12.7 Å². The maximum atomic E-state index is 12.2. The number of hydrogen-bond donors (Lipinski definition) is 1. The van der Waals surface area contributed by atoms with Gasteiger partial charge in [-0.2, -0.15) is 0 Å². The lowest BCUT2D eigenvalue weighted by atomic mass is 10.1. The fraction of sp³-hybridized carbons (Fsp3) is 0.286. The predicted octanol–water partition coefficient (Wildman–Crippen LogP) is 4.05. The van der Waals surface area contributed by atoms with Gasteiger partial charge in [-0.25, -0.2) is 0 Å². The molecule has 1 N–H and O–H groups in total. The van der Waals surface area contributed by atoms with Gasteiger partial charge in [-0.1, -0.05) is 30.0 Å². The normalized spacial score (nSPS) is 10.7. The van der Waals surface area contributed by atoms with Crippen molar-refractivity contribution in [3.05, 3.63) is 65.0 Å². The first-order valence-corrected chi connectivity index (χ1v) is 9.98. The topological polar surface area (TPSA) is 69.0 Å². The van der Waals surface area contributed by atoms with Crippen LogP contribution in [-0.2, 0) is 18.4 Å². The highest BCUT2D eigenvalue weighted by atomic mass is 32.2. The van der Waals surface area contributed by atoms with E-state index in [2.05, 4.69) is 15.5 Å². The summed E-state index contributed by atoms with van der Waals surface area (Å²) in [6.07, 6.45) is 0. The van der Waals surface area contributed by atoms with Gasteiger partial charge in [0.05, 0.1) is 5.75 Å². The smallest absolute Gasteiger partial charge is 0.234 e. The lowest BCUT2D eigenvalue weighted by molar-refractivity contribution is -0.113. The summed E-state index contributed by atoms with van der Waals surface area (Å²) in [5.41, 5.74) is 4.30. The van der Waals surface area contributed by atoms with Crippen molar-refractivity contribution in [3.63, 3.8) is 0 Å². The van der Waals surface area contributed by atoms with E-state index < -0.39 is 0 Å². The lowest BCUT2D eigenvalue weighted by Crippen LogP contribution is -2.14. The Morgan fingerprint density at radius 1 is 1.11 bits per heavy atom. The van der Waals surface area contributed by atoms with Crippen LogP contribution in [0.1, 0.15) is 22.5 Å². The molecule has 0 radical (unpaired) electrons. The van der Waals surface area contributed by atoms with Crippen LogP contribution < -0.4 is 10.1 Å². The Balaban J connectivity index is 1.53. The molecule has 0 saturated heterocycles. The molecule has 6 nitrogen and oxygen atoms in total. The van der Waals surface area contributed by atoms with Gasteiger partial charge in [-0.3, -0.25) is 4.79 Å². The fourth-order valence-corrected chi connectivity index (χ4v) is 3.33. The maximum absolute atomic E-state index is 12.2. The molecule has 0 aliphatic rings. The average Bonchev–Trinajstić information content (AvgIpc) is 3.01. The van der Waals surface area contributed by atoms with Crippen molar-refractivity contribution < 1.29 is 9.53 Å². The van der Waals surface area contributed by atoms with Crippen LogP contribution in [0.4, 0.5) is 5.69 Å². The fourth-order valence-electron chi connectivity index (χ4n) is 2.60. The molecule has 0 bridgehead atoms. The Morgan fingerprint density at radius 2 is 1.93 bits per heavy atom. The van der Waals surface area contributed by atoms with Crippen molar-refractivity contribution in [2.24, 2.45) is 7.05 Å². The number of nitrogens with one attached hydrogen (secondary N) is 1. The van der Waals surface area contributed by atoms with Crippen LogP contribution in [0.5, 0.6) is 5.75 Å². The molecule has 0 aliphatic carbocycles. The van der Waals surface area contributed by atoms with Gasteiger partial charge in [0.25, 0.3) is 0 Å². The quantitative estimate of drug-likeness (QED) is 0.610. The Kier molecular flexibility index (Phi) is 6.36. The number of carbonyl (C=O) groups is 1. The van der Waals surface area contributed by atoms with E-state index in [9.17, 15) is 4.79 Å². The molecule has 7 heteroatoms. The van der Waals surface area contributed by atoms with Crippen LogP contribution in [0.2, 0.25) is 0 Å². The molecule has 0 spiro atoms. The maximum Gasteiger partial charge on any atom is 0.234 e. The summed E-state index contributed by atoms with van der Waals surface area (Å²) in [6.45, 7) is 6.42. The third kappa shape index (κ3) is 5.13. The Morgan fingerprint density at radius 3 is 2.68 bits per heavy atom. The van der Waals surface area contributed by atoms with Crippen molar-refractivity contribution >= 4 is 23.4 Å². The van der Waals surface area contributed by atoms with Crippen LogP contribution in [-0.4, -0.2) is 26.4 Å². The number of carbonyl (C=O) groups excluding carboxylic acids is 1. The molecule has 0 saturated carbocycles. The van der Waals surface area contributed by atoms with Crippen LogP contribution in [0.3, 0.4) is 0 Å². The van der Waals surface area contributed by atoms with Crippen LogP contribution in [0.25, 0.3) is 0 Å². The van der Waals surface area contributed by atoms with E-state index in [1.807, 2.05) is 74.9 Å². The summed E-state index contributed by atoms with van der Waals surface area (Å²) in [6, 6.07) is 13.7. The number of hydrogen-bond acceptors (Lipinski definition) is 5.